The van der Waals surface area contributed by atoms with E-state index in [4.69, 9.17) is 5.73 Å². The highest BCUT2D eigenvalue weighted by Gasteiger charge is 2.33. The predicted octanol–water partition coefficient (Wildman–Crippen LogP) is 2.09. The van der Waals surface area contributed by atoms with Gasteiger partial charge in [-0.3, -0.25) is 4.79 Å². The lowest BCUT2D eigenvalue weighted by molar-refractivity contribution is 0.0834. The fourth-order valence-electron chi connectivity index (χ4n) is 2.37. The van der Waals surface area contributed by atoms with E-state index in [2.05, 4.69) is 4.98 Å². The minimum absolute atomic E-state index is 0.134. The van der Waals surface area contributed by atoms with Gasteiger partial charge in [0.2, 0.25) is 0 Å². The third-order valence-electron chi connectivity index (χ3n) is 3.40. The van der Waals surface area contributed by atoms with Crippen LogP contribution in [0.3, 0.4) is 0 Å². The quantitative estimate of drug-likeness (QED) is 0.752. The number of aromatic amines is 1. The molecule has 0 spiro atoms. The van der Waals surface area contributed by atoms with Crippen molar-refractivity contribution in [1.82, 2.24) is 4.98 Å². The summed E-state index contributed by atoms with van der Waals surface area (Å²) in [6.07, 6.45) is 3.48. The summed E-state index contributed by atoms with van der Waals surface area (Å²) >= 11 is 0. The van der Waals surface area contributed by atoms with Crippen molar-refractivity contribution in [2.75, 3.05) is 0 Å². The van der Waals surface area contributed by atoms with E-state index in [1.165, 1.54) is 0 Å². The van der Waals surface area contributed by atoms with Gasteiger partial charge in [-0.15, -0.1) is 0 Å². The van der Waals surface area contributed by atoms with E-state index < -0.39 is 0 Å². The number of carbonyl (C=O) groups is 1. The number of fused-ring (bicyclic) bond motifs is 1. The molecule has 82 valence electrons. The van der Waals surface area contributed by atoms with E-state index in [9.17, 15) is 4.79 Å². The van der Waals surface area contributed by atoms with Crippen molar-refractivity contribution in [1.29, 1.82) is 0 Å². The summed E-state index contributed by atoms with van der Waals surface area (Å²) in [4.78, 5) is 15.3. The molecule has 1 fully saturated rings. The first-order valence-electron chi connectivity index (χ1n) is 5.61. The highest BCUT2D eigenvalue weighted by molar-refractivity contribution is 6.09. The van der Waals surface area contributed by atoms with Gasteiger partial charge in [0.25, 0.3) is 0 Å². The molecule has 0 atom stereocenters. The summed E-state index contributed by atoms with van der Waals surface area (Å²) in [6.45, 7) is 0. The number of para-hydroxylation sites is 1. The molecule has 0 amide bonds. The fourth-order valence-corrected chi connectivity index (χ4v) is 2.37. The summed E-state index contributed by atoms with van der Waals surface area (Å²) in [5.74, 6) is 0.369. The van der Waals surface area contributed by atoms with E-state index in [-0.39, 0.29) is 17.7 Å². The van der Waals surface area contributed by atoms with Gasteiger partial charge in [0.1, 0.15) is 0 Å². The first-order chi connectivity index (χ1) is 7.75. The molecule has 0 aliphatic heterocycles. The number of rotatable bonds is 2. The van der Waals surface area contributed by atoms with Gasteiger partial charge in [-0.1, -0.05) is 18.2 Å². The van der Waals surface area contributed by atoms with Crippen molar-refractivity contribution < 1.29 is 4.79 Å². The molecule has 1 heterocycles. The van der Waals surface area contributed by atoms with Gasteiger partial charge < -0.3 is 10.7 Å². The zero-order valence-electron chi connectivity index (χ0n) is 8.94. The summed E-state index contributed by atoms with van der Waals surface area (Å²) in [7, 11) is 0. The molecule has 2 aromatic rings. The number of nitrogens with two attached hydrogens (primary N) is 1. The number of nitrogens with one attached hydrogen (secondary N) is 1. The average molecular weight is 214 g/mol. The molecule has 3 N–H and O–H groups in total. The van der Waals surface area contributed by atoms with Gasteiger partial charge in [0.05, 0.1) is 0 Å². The molecule has 1 saturated carbocycles. The molecule has 1 aromatic carbocycles. The molecule has 1 aromatic heterocycles. The van der Waals surface area contributed by atoms with Crippen LogP contribution in [0.1, 0.15) is 23.2 Å². The van der Waals surface area contributed by atoms with Crippen molar-refractivity contribution in [3.8, 4) is 0 Å². The molecule has 1 aliphatic carbocycles. The summed E-state index contributed by atoms with van der Waals surface area (Å²) in [5, 5.41) is 1.02. The Morgan fingerprint density at radius 3 is 2.81 bits per heavy atom. The van der Waals surface area contributed by atoms with E-state index in [0.717, 1.165) is 29.3 Å². The number of aromatic nitrogens is 1. The SMILES string of the molecule is NC1CC(C(=O)c2c[nH]c3ccccc23)C1. The van der Waals surface area contributed by atoms with Crippen LogP contribution in [0.4, 0.5) is 0 Å². The summed E-state index contributed by atoms with van der Waals surface area (Å²) in [5.41, 5.74) is 7.55. The largest absolute Gasteiger partial charge is 0.360 e. The Morgan fingerprint density at radius 1 is 1.31 bits per heavy atom. The minimum atomic E-state index is 0.134. The van der Waals surface area contributed by atoms with E-state index in [0.29, 0.717) is 0 Å². The third kappa shape index (κ3) is 1.36. The van der Waals surface area contributed by atoms with Crippen LogP contribution in [0.5, 0.6) is 0 Å². The van der Waals surface area contributed by atoms with Crippen LogP contribution >= 0.6 is 0 Å². The number of H-pyrrole nitrogens is 1. The molecular formula is C13H14N2O. The number of ketones is 1. The predicted molar refractivity (Wildman–Crippen MR) is 63.3 cm³/mol. The first-order valence-corrected chi connectivity index (χ1v) is 5.61. The zero-order chi connectivity index (χ0) is 11.1. The molecule has 16 heavy (non-hydrogen) atoms. The maximum absolute atomic E-state index is 12.2. The summed E-state index contributed by atoms with van der Waals surface area (Å²) < 4.78 is 0. The van der Waals surface area contributed by atoms with Gasteiger partial charge in [-0.05, 0) is 18.9 Å². The molecule has 1 aliphatic rings. The average Bonchev–Trinajstić information content (AvgIpc) is 2.67. The second-order valence-electron chi connectivity index (χ2n) is 4.54. The number of carbonyl (C=O) groups excluding carboxylic acids is 1. The van der Waals surface area contributed by atoms with E-state index in [1.807, 2.05) is 30.5 Å². The standard InChI is InChI=1S/C13H14N2O/c14-9-5-8(6-9)13(16)11-7-15-12-4-2-1-3-10(11)12/h1-4,7-9,15H,5-6,14H2. The molecule has 0 saturated heterocycles. The van der Waals surface area contributed by atoms with Crippen LogP contribution < -0.4 is 5.73 Å². The van der Waals surface area contributed by atoms with E-state index in [1.54, 1.807) is 0 Å². The zero-order valence-corrected chi connectivity index (χ0v) is 8.94. The topological polar surface area (TPSA) is 58.9 Å². The van der Waals surface area contributed by atoms with Crippen molar-refractivity contribution in [2.24, 2.45) is 11.7 Å². The number of Topliss-reactive ketones (excluding diaryl/α,β-unsaturated/α-hetero) is 1. The first kappa shape index (κ1) is 9.60. The van der Waals surface area contributed by atoms with Crippen LogP contribution in [0.15, 0.2) is 30.5 Å². The molecule has 0 unspecified atom stereocenters. The Labute approximate surface area is 93.6 Å². The van der Waals surface area contributed by atoms with Crippen LogP contribution in [0.25, 0.3) is 10.9 Å². The lowest BCUT2D eigenvalue weighted by Gasteiger charge is -2.30. The van der Waals surface area contributed by atoms with Gasteiger partial charge >= 0.3 is 0 Å². The van der Waals surface area contributed by atoms with Crippen molar-refractivity contribution >= 4 is 16.7 Å². The Kier molecular flexibility index (Phi) is 2.07. The van der Waals surface area contributed by atoms with Crippen molar-refractivity contribution in [3.05, 3.63) is 36.0 Å². The second kappa shape index (κ2) is 3.46. The minimum Gasteiger partial charge on any atom is -0.360 e. The number of hydrogen-bond acceptors (Lipinski definition) is 2. The van der Waals surface area contributed by atoms with Crippen LogP contribution in [0.2, 0.25) is 0 Å². The normalized spacial score (nSPS) is 24.3. The Bertz CT molecular complexity index is 538. The van der Waals surface area contributed by atoms with Gasteiger partial charge in [-0.25, -0.2) is 0 Å². The maximum Gasteiger partial charge on any atom is 0.168 e. The monoisotopic (exact) mass is 214 g/mol. The maximum atomic E-state index is 12.2. The van der Waals surface area contributed by atoms with Gasteiger partial charge in [-0.2, -0.15) is 0 Å². The highest BCUT2D eigenvalue weighted by Crippen LogP contribution is 2.31. The molecule has 0 radical (unpaired) electrons. The van der Waals surface area contributed by atoms with Gasteiger partial charge in [0.15, 0.2) is 5.78 Å². The fraction of sp³-hybridized carbons (Fsp3) is 0.308. The Hall–Kier alpha value is -1.61. The molecule has 0 bridgehead atoms. The lowest BCUT2D eigenvalue weighted by atomic mass is 9.76. The van der Waals surface area contributed by atoms with E-state index >= 15 is 0 Å². The number of hydrogen-bond donors (Lipinski definition) is 2. The highest BCUT2D eigenvalue weighted by atomic mass is 16.1. The second-order valence-corrected chi connectivity index (χ2v) is 4.54. The Balaban J connectivity index is 1.97. The van der Waals surface area contributed by atoms with Crippen LogP contribution in [-0.4, -0.2) is 16.8 Å². The lowest BCUT2D eigenvalue weighted by Crippen LogP contribution is -2.40. The van der Waals surface area contributed by atoms with Crippen LogP contribution in [-0.2, 0) is 0 Å². The molecular weight excluding hydrogens is 200 g/mol. The third-order valence-corrected chi connectivity index (χ3v) is 3.40. The number of benzene rings is 1. The smallest absolute Gasteiger partial charge is 0.168 e. The molecule has 3 heteroatoms. The van der Waals surface area contributed by atoms with Gasteiger partial charge in [0, 0.05) is 34.6 Å². The Morgan fingerprint density at radius 2 is 2.06 bits per heavy atom. The van der Waals surface area contributed by atoms with Crippen molar-refractivity contribution in [3.63, 3.8) is 0 Å². The van der Waals surface area contributed by atoms with Crippen LogP contribution in [0, 0.1) is 5.92 Å². The molecule has 3 nitrogen and oxygen atoms in total. The summed E-state index contributed by atoms with van der Waals surface area (Å²) in [6, 6.07) is 8.11. The molecule has 3 rings (SSSR count). The van der Waals surface area contributed by atoms with Crippen molar-refractivity contribution in [2.45, 2.75) is 18.9 Å².